The summed E-state index contributed by atoms with van der Waals surface area (Å²) in [5, 5.41) is 3.42. The Kier molecular flexibility index (Phi) is 7.86. The zero-order chi connectivity index (χ0) is 20.6. The standard InChI is InChI=1S/C22H25ClN2O3S/c1-27-20-14-16(13-18(23)22(20)28-2)7-8-21(26)24-19-6-4-3-5-17(19)15-25-9-11-29-12-10-25/h3-8,13-14H,9-12,15H2,1-2H3,(H,24,26)/b8-7+. The van der Waals surface area contributed by atoms with Gasteiger partial charge in [-0.05, 0) is 35.4 Å². The fourth-order valence-corrected chi connectivity index (χ4v) is 4.44. The molecular weight excluding hydrogens is 408 g/mol. The number of nitrogens with zero attached hydrogens (tertiary/aromatic N) is 1. The van der Waals surface area contributed by atoms with Crippen molar-refractivity contribution in [2.45, 2.75) is 6.54 Å². The molecule has 29 heavy (non-hydrogen) atoms. The van der Waals surface area contributed by atoms with Crippen LogP contribution in [0.3, 0.4) is 0 Å². The summed E-state index contributed by atoms with van der Waals surface area (Å²) in [5.74, 6) is 3.11. The van der Waals surface area contributed by atoms with Crippen molar-refractivity contribution < 1.29 is 14.3 Å². The van der Waals surface area contributed by atoms with Crippen LogP contribution in [0.25, 0.3) is 6.08 Å². The number of carbonyl (C=O) groups excluding carboxylic acids is 1. The Bertz CT molecular complexity index is 882. The summed E-state index contributed by atoms with van der Waals surface area (Å²) in [6.07, 6.45) is 3.19. The Morgan fingerprint density at radius 2 is 1.97 bits per heavy atom. The van der Waals surface area contributed by atoms with Crippen molar-refractivity contribution in [1.29, 1.82) is 0 Å². The molecule has 0 atom stereocenters. The molecule has 0 unspecified atom stereocenters. The van der Waals surface area contributed by atoms with Crippen molar-refractivity contribution in [3.8, 4) is 11.5 Å². The van der Waals surface area contributed by atoms with Gasteiger partial charge in [0.1, 0.15) is 0 Å². The van der Waals surface area contributed by atoms with E-state index in [0.717, 1.165) is 48.0 Å². The summed E-state index contributed by atoms with van der Waals surface area (Å²) in [6.45, 7) is 2.99. The molecule has 5 nitrogen and oxygen atoms in total. The van der Waals surface area contributed by atoms with E-state index in [-0.39, 0.29) is 5.91 Å². The zero-order valence-corrected chi connectivity index (χ0v) is 18.2. The van der Waals surface area contributed by atoms with Crippen LogP contribution in [0.15, 0.2) is 42.5 Å². The second kappa shape index (κ2) is 10.6. The number of ether oxygens (including phenoxy) is 2. The third kappa shape index (κ3) is 5.92. The number of anilines is 1. The van der Waals surface area contributed by atoms with Gasteiger partial charge >= 0.3 is 0 Å². The number of carbonyl (C=O) groups is 1. The average Bonchev–Trinajstić information content (AvgIpc) is 2.74. The van der Waals surface area contributed by atoms with Crippen LogP contribution in [0.4, 0.5) is 5.69 Å². The summed E-state index contributed by atoms with van der Waals surface area (Å²) in [4.78, 5) is 14.9. The Morgan fingerprint density at radius 1 is 1.21 bits per heavy atom. The van der Waals surface area contributed by atoms with E-state index in [1.807, 2.05) is 30.0 Å². The number of hydrogen-bond donors (Lipinski definition) is 1. The van der Waals surface area contributed by atoms with Gasteiger partial charge in [0, 0.05) is 42.9 Å². The molecule has 2 aromatic rings. The first kappa shape index (κ1) is 21.6. The van der Waals surface area contributed by atoms with Crippen LogP contribution in [-0.2, 0) is 11.3 Å². The minimum atomic E-state index is -0.197. The molecule has 1 heterocycles. The van der Waals surface area contributed by atoms with Gasteiger partial charge in [0.15, 0.2) is 11.5 Å². The molecule has 7 heteroatoms. The summed E-state index contributed by atoms with van der Waals surface area (Å²) in [5.41, 5.74) is 2.71. The number of amides is 1. The first-order valence-electron chi connectivity index (χ1n) is 9.39. The maximum absolute atomic E-state index is 12.5. The predicted octanol–water partition coefficient (Wildman–Crippen LogP) is 4.56. The van der Waals surface area contributed by atoms with Gasteiger partial charge in [0.25, 0.3) is 0 Å². The van der Waals surface area contributed by atoms with E-state index in [1.165, 1.54) is 13.2 Å². The Labute approximate surface area is 181 Å². The molecule has 0 aromatic heterocycles. The number of para-hydroxylation sites is 1. The van der Waals surface area contributed by atoms with Gasteiger partial charge in [-0.3, -0.25) is 9.69 Å². The van der Waals surface area contributed by atoms with Crippen LogP contribution in [0.1, 0.15) is 11.1 Å². The van der Waals surface area contributed by atoms with E-state index in [0.29, 0.717) is 16.5 Å². The monoisotopic (exact) mass is 432 g/mol. The largest absolute Gasteiger partial charge is 0.493 e. The topological polar surface area (TPSA) is 50.8 Å². The van der Waals surface area contributed by atoms with Crippen molar-refractivity contribution in [3.05, 3.63) is 58.6 Å². The molecule has 1 N–H and O–H groups in total. The minimum absolute atomic E-state index is 0.197. The fraction of sp³-hybridized carbons (Fsp3) is 0.318. The van der Waals surface area contributed by atoms with Gasteiger partial charge in [0.2, 0.25) is 5.91 Å². The van der Waals surface area contributed by atoms with Crippen LogP contribution in [0.2, 0.25) is 5.02 Å². The van der Waals surface area contributed by atoms with E-state index in [9.17, 15) is 4.79 Å². The Balaban J connectivity index is 1.69. The van der Waals surface area contributed by atoms with E-state index in [4.69, 9.17) is 21.1 Å². The number of benzene rings is 2. The Hall–Kier alpha value is -2.15. The van der Waals surface area contributed by atoms with Crippen molar-refractivity contribution in [3.63, 3.8) is 0 Å². The summed E-state index contributed by atoms with van der Waals surface area (Å²) >= 11 is 8.21. The lowest BCUT2D eigenvalue weighted by Crippen LogP contribution is -2.32. The van der Waals surface area contributed by atoms with E-state index in [2.05, 4.69) is 16.3 Å². The second-order valence-electron chi connectivity index (χ2n) is 6.61. The van der Waals surface area contributed by atoms with Gasteiger partial charge in [-0.2, -0.15) is 11.8 Å². The van der Waals surface area contributed by atoms with Gasteiger partial charge in [0.05, 0.1) is 19.2 Å². The van der Waals surface area contributed by atoms with Crippen LogP contribution in [0.5, 0.6) is 11.5 Å². The van der Waals surface area contributed by atoms with E-state index in [1.54, 1.807) is 25.3 Å². The maximum atomic E-state index is 12.5. The lowest BCUT2D eigenvalue weighted by molar-refractivity contribution is -0.111. The highest BCUT2D eigenvalue weighted by atomic mass is 35.5. The van der Waals surface area contributed by atoms with E-state index >= 15 is 0 Å². The highest BCUT2D eigenvalue weighted by Gasteiger charge is 2.13. The molecule has 0 saturated carbocycles. The van der Waals surface area contributed by atoms with Crippen molar-refractivity contribution in [2.24, 2.45) is 0 Å². The van der Waals surface area contributed by atoms with Crippen LogP contribution < -0.4 is 14.8 Å². The van der Waals surface area contributed by atoms with Crippen molar-refractivity contribution in [2.75, 3.05) is 44.1 Å². The fourth-order valence-electron chi connectivity index (χ4n) is 3.16. The molecule has 2 aromatic carbocycles. The molecule has 1 saturated heterocycles. The highest BCUT2D eigenvalue weighted by Crippen LogP contribution is 2.36. The van der Waals surface area contributed by atoms with Crippen LogP contribution >= 0.6 is 23.4 Å². The molecule has 0 aliphatic carbocycles. The number of hydrogen-bond acceptors (Lipinski definition) is 5. The summed E-state index contributed by atoms with van der Waals surface area (Å²) in [6, 6.07) is 11.4. The number of thioether (sulfide) groups is 1. The molecular formula is C22H25ClN2O3S. The van der Waals surface area contributed by atoms with Gasteiger partial charge in [-0.1, -0.05) is 29.8 Å². The smallest absolute Gasteiger partial charge is 0.248 e. The zero-order valence-electron chi connectivity index (χ0n) is 16.6. The third-order valence-electron chi connectivity index (χ3n) is 4.66. The number of methoxy groups -OCH3 is 2. The number of rotatable bonds is 7. The summed E-state index contributed by atoms with van der Waals surface area (Å²) < 4.78 is 10.5. The maximum Gasteiger partial charge on any atom is 0.248 e. The van der Waals surface area contributed by atoms with Crippen molar-refractivity contribution in [1.82, 2.24) is 4.90 Å². The van der Waals surface area contributed by atoms with Crippen LogP contribution in [-0.4, -0.2) is 49.6 Å². The molecule has 0 radical (unpaired) electrons. The molecule has 0 bridgehead atoms. The second-order valence-corrected chi connectivity index (χ2v) is 8.24. The van der Waals surface area contributed by atoms with Gasteiger partial charge < -0.3 is 14.8 Å². The average molecular weight is 433 g/mol. The molecule has 1 fully saturated rings. The normalized spacial score (nSPS) is 14.7. The van der Waals surface area contributed by atoms with E-state index < -0.39 is 0 Å². The molecule has 0 spiro atoms. The van der Waals surface area contributed by atoms with Gasteiger partial charge in [-0.25, -0.2) is 0 Å². The lowest BCUT2D eigenvalue weighted by Gasteiger charge is -2.27. The molecule has 1 aliphatic heterocycles. The molecule has 1 amide bonds. The lowest BCUT2D eigenvalue weighted by atomic mass is 10.1. The molecule has 3 rings (SSSR count). The summed E-state index contributed by atoms with van der Waals surface area (Å²) in [7, 11) is 3.08. The quantitative estimate of drug-likeness (QED) is 0.650. The highest BCUT2D eigenvalue weighted by molar-refractivity contribution is 7.99. The SMILES string of the molecule is COc1cc(/C=C/C(=O)Nc2ccccc2CN2CCSCC2)cc(Cl)c1OC. The number of halogens is 1. The molecule has 154 valence electrons. The number of nitrogens with one attached hydrogen (secondary N) is 1. The molecule has 1 aliphatic rings. The van der Waals surface area contributed by atoms with Crippen LogP contribution in [0, 0.1) is 0 Å². The first-order valence-corrected chi connectivity index (χ1v) is 10.9. The first-order chi connectivity index (χ1) is 14.1. The predicted molar refractivity (Wildman–Crippen MR) is 121 cm³/mol. The third-order valence-corrected chi connectivity index (χ3v) is 5.88. The minimum Gasteiger partial charge on any atom is -0.493 e. The Morgan fingerprint density at radius 3 is 2.69 bits per heavy atom. The van der Waals surface area contributed by atoms with Gasteiger partial charge in [-0.15, -0.1) is 0 Å². The van der Waals surface area contributed by atoms with Crippen molar-refractivity contribution >= 4 is 41.0 Å².